The molecule has 2 rings (SSSR count). The van der Waals surface area contributed by atoms with Crippen LogP contribution in [0.2, 0.25) is 0 Å². The Morgan fingerprint density at radius 1 is 1.42 bits per heavy atom. The van der Waals surface area contributed by atoms with Crippen LogP contribution < -0.4 is 15.8 Å². The van der Waals surface area contributed by atoms with Crippen molar-refractivity contribution in [1.82, 2.24) is 10.2 Å². The van der Waals surface area contributed by atoms with E-state index in [9.17, 15) is 4.79 Å². The first-order valence-corrected chi connectivity index (χ1v) is 6.71. The van der Waals surface area contributed by atoms with Crippen molar-refractivity contribution >= 4 is 29.2 Å². The predicted molar refractivity (Wildman–Crippen MR) is 75.7 cm³/mol. The zero-order chi connectivity index (χ0) is 13.8. The molecule has 0 saturated carbocycles. The number of nitrogens with zero attached hydrogens (tertiary/aromatic N) is 1. The number of aromatic amines is 1. The second kappa shape index (κ2) is 5.66. The summed E-state index contributed by atoms with van der Waals surface area (Å²) in [5.74, 6) is 0.696. The van der Waals surface area contributed by atoms with Gasteiger partial charge in [0, 0.05) is 5.69 Å². The smallest absolute Gasteiger partial charge is 0.262 e. The topological polar surface area (TPSA) is 93.0 Å². The third kappa shape index (κ3) is 2.82. The van der Waals surface area contributed by atoms with E-state index in [-0.39, 0.29) is 11.7 Å². The van der Waals surface area contributed by atoms with Crippen molar-refractivity contribution in [2.45, 2.75) is 5.03 Å². The Kier molecular flexibility index (Phi) is 3.96. The molecule has 0 bridgehead atoms. The number of nitrogen functional groups attached to an aromatic ring is 1. The maximum absolute atomic E-state index is 12.1. The standard InChI is InChI=1S/C12H14N4O2S/c1-18-8-5-3-7(4-6-8)14-11(17)9-10(13)15-16-12(9)19-2/h3-6H,1-2H3,(H,14,17)(H3,13,15,16). The summed E-state index contributed by atoms with van der Waals surface area (Å²) >= 11 is 1.36. The number of nitrogens with one attached hydrogen (secondary N) is 2. The largest absolute Gasteiger partial charge is 0.497 e. The second-order valence-electron chi connectivity index (χ2n) is 3.70. The molecule has 7 heteroatoms. The van der Waals surface area contributed by atoms with Crippen LogP contribution in [0.15, 0.2) is 29.3 Å². The van der Waals surface area contributed by atoms with Gasteiger partial charge in [-0.25, -0.2) is 0 Å². The fourth-order valence-corrected chi connectivity index (χ4v) is 2.12. The zero-order valence-corrected chi connectivity index (χ0v) is 11.4. The van der Waals surface area contributed by atoms with E-state index in [4.69, 9.17) is 10.5 Å². The lowest BCUT2D eigenvalue weighted by Gasteiger charge is -2.06. The summed E-state index contributed by atoms with van der Waals surface area (Å²) in [4.78, 5) is 12.1. The quantitative estimate of drug-likeness (QED) is 0.743. The highest BCUT2D eigenvalue weighted by Crippen LogP contribution is 2.23. The van der Waals surface area contributed by atoms with Gasteiger partial charge in [-0.3, -0.25) is 9.89 Å². The van der Waals surface area contributed by atoms with E-state index < -0.39 is 0 Å². The number of ether oxygens (including phenoxy) is 1. The summed E-state index contributed by atoms with van der Waals surface area (Å²) in [6.45, 7) is 0. The van der Waals surface area contributed by atoms with E-state index in [2.05, 4.69) is 15.5 Å². The highest BCUT2D eigenvalue weighted by atomic mass is 32.2. The molecule has 6 nitrogen and oxygen atoms in total. The van der Waals surface area contributed by atoms with Crippen LogP contribution in [0.25, 0.3) is 0 Å². The summed E-state index contributed by atoms with van der Waals surface area (Å²) in [7, 11) is 1.59. The Morgan fingerprint density at radius 3 is 2.68 bits per heavy atom. The Labute approximate surface area is 114 Å². The monoisotopic (exact) mass is 278 g/mol. The SMILES string of the molecule is COc1ccc(NC(=O)c2c(SC)n[nH]c2N)cc1. The normalized spacial score (nSPS) is 10.2. The van der Waals surface area contributed by atoms with Gasteiger partial charge in [0.05, 0.1) is 7.11 Å². The lowest BCUT2D eigenvalue weighted by molar-refractivity contribution is 0.102. The van der Waals surface area contributed by atoms with Crippen LogP contribution in [0.4, 0.5) is 11.5 Å². The van der Waals surface area contributed by atoms with Crippen molar-refractivity contribution in [2.24, 2.45) is 0 Å². The third-order valence-corrected chi connectivity index (χ3v) is 3.21. The number of anilines is 2. The van der Waals surface area contributed by atoms with Crippen LogP contribution >= 0.6 is 11.8 Å². The molecule has 1 amide bonds. The fourth-order valence-electron chi connectivity index (χ4n) is 1.57. The van der Waals surface area contributed by atoms with Crippen molar-refractivity contribution in [2.75, 3.05) is 24.4 Å². The molecule has 0 spiro atoms. The van der Waals surface area contributed by atoms with Gasteiger partial charge in [0.1, 0.15) is 22.2 Å². The fraction of sp³-hybridized carbons (Fsp3) is 0.167. The molecule has 1 aromatic heterocycles. The first-order valence-electron chi connectivity index (χ1n) is 5.49. The number of H-pyrrole nitrogens is 1. The minimum absolute atomic E-state index is 0.260. The lowest BCUT2D eigenvalue weighted by Crippen LogP contribution is -2.13. The van der Waals surface area contributed by atoms with E-state index in [0.29, 0.717) is 16.3 Å². The van der Waals surface area contributed by atoms with Crippen molar-refractivity contribution in [1.29, 1.82) is 0 Å². The summed E-state index contributed by atoms with van der Waals surface area (Å²) in [6, 6.07) is 7.05. The molecule has 100 valence electrons. The molecule has 0 atom stereocenters. The number of benzene rings is 1. The van der Waals surface area contributed by atoms with Crippen LogP contribution in [0.3, 0.4) is 0 Å². The lowest BCUT2D eigenvalue weighted by atomic mass is 10.2. The van der Waals surface area contributed by atoms with Crippen molar-refractivity contribution in [3.05, 3.63) is 29.8 Å². The molecule has 0 saturated heterocycles. The molecule has 4 N–H and O–H groups in total. The highest BCUT2D eigenvalue weighted by molar-refractivity contribution is 7.98. The van der Waals surface area contributed by atoms with Crippen LogP contribution in [0.1, 0.15) is 10.4 Å². The molecule has 1 heterocycles. The number of carbonyl (C=O) groups is 1. The molecule has 1 aromatic carbocycles. The van der Waals surface area contributed by atoms with Gasteiger partial charge >= 0.3 is 0 Å². The molecule has 0 aliphatic heterocycles. The number of hydrogen-bond acceptors (Lipinski definition) is 5. The number of rotatable bonds is 4. The molecule has 0 unspecified atom stereocenters. The number of nitrogens with two attached hydrogens (primary N) is 1. The third-order valence-electron chi connectivity index (χ3n) is 2.53. The summed E-state index contributed by atoms with van der Waals surface area (Å²) in [5, 5.41) is 9.89. The van der Waals surface area contributed by atoms with Crippen molar-refractivity contribution in [3.8, 4) is 5.75 Å². The van der Waals surface area contributed by atoms with E-state index >= 15 is 0 Å². The van der Waals surface area contributed by atoms with Crippen LogP contribution in [0, 0.1) is 0 Å². The van der Waals surface area contributed by atoms with Gasteiger partial charge in [0.2, 0.25) is 0 Å². The predicted octanol–water partition coefficient (Wildman–Crippen LogP) is 1.97. The van der Waals surface area contributed by atoms with Gasteiger partial charge in [-0.2, -0.15) is 5.10 Å². The Bertz CT molecular complexity index is 580. The summed E-state index contributed by atoms with van der Waals surface area (Å²) in [6.07, 6.45) is 1.83. The molecule has 0 radical (unpaired) electrons. The van der Waals surface area contributed by atoms with Crippen molar-refractivity contribution in [3.63, 3.8) is 0 Å². The number of aromatic nitrogens is 2. The number of amides is 1. The second-order valence-corrected chi connectivity index (χ2v) is 4.50. The van der Waals surface area contributed by atoms with Gasteiger partial charge in [-0.1, -0.05) is 0 Å². The van der Waals surface area contributed by atoms with Gasteiger partial charge in [0.15, 0.2) is 0 Å². The summed E-state index contributed by atoms with van der Waals surface area (Å²) < 4.78 is 5.05. The molecule has 0 aliphatic carbocycles. The molecule has 0 fully saturated rings. The first-order chi connectivity index (χ1) is 9.15. The molecule has 2 aromatic rings. The zero-order valence-electron chi connectivity index (χ0n) is 10.6. The average Bonchev–Trinajstić information content (AvgIpc) is 2.80. The van der Waals surface area contributed by atoms with E-state index in [1.165, 1.54) is 11.8 Å². The Hall–Kier alpha value is -2.15. The minimum Gasteiger partial charge on any atom is -0.497 e. The van der Waals surface area contributed by atoms with Gasteiger partial charge < -0.3 is 15.8 Å². The van der Waals surface area contributed by atoms with Crippen LogP contribution in [0.5, 0.6) is 5.75 Å². The average molecular weight is 278 g/mol. The summed E-state index contributed by atoms with van der Waals surface area (Å²) in [5.41, 5.74) is 6.73. The van der Waals surface area contributed by atoms with E-state index in [0.717, 1.165) is 5.75 Å². The number of hydrogen-bond donors (Lipinski definition) is 3. The molecular formula is C12H14N4O2S. The number of methoxy groups -OCH3 is 1. The van der Waals surface area contributed by atoms with Gasteiger partial charge in [0.25, 0.3) is 5.91 Å². The minimum atomic E-state index is -0.291. The van der Waals surface area contributed by atoms with Gasteiger partial charge in [-0.15, -0.1) is 11.8 Å². The molecule has 19 heavy (non-hydrogen) atoms. The van der Waals surface area contributed by atoms with E-state index in [1.807, 2.05) is 6.26 Å². The maximum atomic E-state index is 12.1. The number of carbonyl (C=O) groups excluding carboxylic acids is 1. The number of thioether (sulfide) groups is 1. The van der Waals surface area contributed by atoms with Crippen molar-refractivity contribution < 1.29 is 9.53 Å². The van der Waals surface area contributed by atoms with E-state index in [1.54, 1.807) is 31.4 Å². The van der Waals surface area contributed by atoms with Crippen LogP contribution in [-0.4, -0.2) is 29.5 Å². The van der Waals surface area contributed by atoms with Crippen LogP contribution in [-0.2, 0) is 0 Å². The molecular weight excluding hydrogens is 264 g/mol. The Morgan fingerprint density at radius 2 is 2.11 bits per heavy atom. The maximum Gasteiger partial charge on any atom is 0.262 e. The highest BCUT2D eigenvalue weighted by Gasteiger charge is 2.18. The van der Waals surface area contributed by atoms with Gasteiger partial charge in [-0.05, 0) is 30.5 Å². The Balaban J connectivity index is 2.18. The first kappa shape index (κ1) is 13.3. The molecule has 0 aliphatic rings.